The molecule has 1 saturated carbocycles. The SMILES string of the molecule is CCCNc1nc(N)c(C(=O)NC2(C)CCC2)s1. The minimum Gasteiger partial charge on any atom is -0.382 e. The van der Waals surface area contributed by atoms with Gasteiger partial charge in [-0.1, -0.05) is 18.3 Å². The first-order valence-electron chi connectivity index (χ1n) is 6.37. The number of anilines is 2. The number of nitrogens with one attached hydrogen (secondary N) is 2. The van der Waals surface area contributed by atoms with E-state index in [-0.39, 0.29) is 11.4 Å². The van der Waals surface area contributed by atoms with Crippen LogP contribution < -0.4 is 16.4 Å². The molecule has 0 bridgehead atoms. The second-order valence-electron chi connectivity index (χ2n) is 5.03. The van der Waals surface area contributed by atoms with Crippen molar-refractivity contribution in [3.05, 3.63) is 4.88 Å². The van der Waals surface area contributed by atoms with Crippen LogP contribution in [0.5, 0.6) is 0 Å². The van der Waals surface area contributed by atoms with Crippen molar-refractivity contribution in [2.45, 2.75) is 45.1 Å². The third kappa shape index (κ3) is 2.75. The Morgan fingerprint density at radius 2 is 2.28 bits per heavy atom. The zero-order valence-electron chi connectivity index (χ0n) is 10.9. The molecule has 1 aromatic heterocycles. The Hall–Kier alpha value is -1.30. The summed E-state index contributed by atoms with van der Waals surface area (Å²) in [6.07, 6.45) is 4.27. The molecule has 0 aromatic carbocycles. The third-order valence-corrected chi connectivity index (χ3v) is 4.29. The average Bonchev–Trinajstić information content (AvgIpc) is 2.66. The number of carbonyl (C=O) groups is 1. The topological polar surface area (TPSA) is 80.0 Å². The second-order valence-corrected chi connectivity index (χ2v) is 6.03. The molecule has 1 aliphatic carbocycles. The van der Waals surface area contributed by atoms with Crippen LogP contribution in [0.4, 0.5) is 10.9 Å². The van der Waals surface area contributed by atoms with Crippen LogP contribution >= 0.6 is 11.3 Å². The van der Waals surface area contributed by atoms with Gasteiger partial charge in [-0.15, -0.1) is 0 Å². The number of carbonyl (C=O) groups excluding carboxylic acids is 1. The van der Waals surface area contributed by atoms with Gasteiger partial charge in [-0.25, -0.2) is 4.98 Å². The predicted molar refractivity (Wildman–Crippen MR) is 75.0 cm³/mol. The van der Waals surface area contributed by atoms with Crippen molar-refractivity contribution < 1.29 is 4.79 Å². The minimum atomic E-state index is -0.100. The maximum Gasteiger partial charge on any atom is 0.265 e. The molecule has 0 saturated heterocycles. The van der Waals surface area contributed by atoms with E-state index in [2.05, 4.69) is 29.5 Å². The molecule has 0 spiro atoms. The van der Waals surface area contributed by atoms with Crippen molar-refractivity contribution in [1.82, 2.24) is 10.3 Å². The normalized spacial score (nSPS) is 17.0. The molecule has 6 heteroatoms. The lowest BCUT2D eigenvalue weighted by atomic mass is 9.78. The number of thiazole rings is 1. The van der Waals surface area contributed by atoms with E-state index in [0.29, 0.717) is 10.7 Å². The predicted octanol–water partition coefficient (Wildman–Crippen LogP) is 2.22. The summed E-state index contributed by atoms with van der Waals surface area (Å²) in [4.78, 5) is 16.8. The lowest BCUT2D eigenvalue weighted by molar-refractivity contribution is 0.0855. The zero-order chi connectivity index (χ0) is 13.2. The Balaban J connectivity index is 2.03. The molecule has 2 rings (SSSR count). The fraction of sp³-hybridized carbons (Fsp3) is 0.667. The van der Waals surface area contributed by atoms with Crippen molar-refractivity contribution in [2.24, 2.45) is 0 Å². The summed E-state index contributed by atoms with van der Waals surface area (Å²) in [5, 5.41) is 6.91. The average molecular weight is 268 g/mol. The molecule has 1 amide bonds. The Morgan fingerprint density at radius 3 is 2.83 bits per heavy atom. The van der Waals surface area contributed by atoms with Crippen molar-refractivity contribution in [2.75, 3.05) is 17.6 Å². The molecule has 5 nitrogen and oxygen atoms in total. The van der Waals surface area contributed by atoms with Crippen LogP contribution in [0.15, 0.2) is 0 Å². The van der Waals surface area contributed by atoms with Gasteiger partial charge in [-0.3, -0.25) is 4.79 Å². The van der Waals surface area contributed by atoms with Crippen LogP contribution in [0, 0.1) is 0 Å². The van der Waals surface area contributed by atoms with Gasteiger partial charge in [0.2, 0.25) is 0 Å². The summed E-state index contributed by atoms with van der Waals surface area (Å²) >= 11 is 1.32. The highest BCUT2D eigenvalue weighted by Crippen LogP contribution is 2.32. The molecular formula is C12H20N4OS. The second kappa shape index (κ2) is 5.14. The fourth-order valence-corrected chi connectivity index (χ4v) is 2.77. The van der Waals surface area contributed by atoms with Gasteiger partial charge in [0.1, 0.15) is 10.7 Å². The highest BCUT2D eigenvalue weighted by molar-refractivity contribution is 7.18. The van der Waals surface area contributed by atoms with E-state index < -0.39 is 0 Å². The molecule has 18 heavy (non-hydrogen) atoms. The number of hydrogen-bond acceptors (Lipinski definition) is 5. The summed E-state index contributed by atoms with van der Waals surface area (Å²) in [5.74, 6) is 0.218. The molecule has 1 aromatic rings. The summed E-state index contributed by atoms with van der Waals surface area (Å²) in [5.41, 5.74) is 5.74. The molecule has 1 heterocycles. The van der Waals surface area contributed by atoms with Gasteiger partial charge in [0.05, 0.1) is 0 Å². The molecule has 0 atom stereocenters. The molecule has 0 radical (unpaired) electrons. The van der Waals surface area contributed by atoms with Crippen LogP contribution in [-0.2, 0) is 0 Å². The first-order valence-corrected chi connectivity index (χ1v) is 7.18. The number of amides is 1. The quantitative estimate of drug-likeness (QED) is 0.765. The van der Waals surface area contributed by atoms with Crippen LogP contribution in [0.1, 0.15) is 49.2 Å². The maximum absolute atomic E-state index is 12.1. The number of aromatic nitrogens is 1. The molecule has 0 unspecified atom stereocenters. The number of nitrogens with two attached hydrogens (primary N) is 1. The van der Waals surface area contributed by atoms with E-state index in [9.17, 15) is 4.79 Å². The van der Waals surface area contributed by atoms with Gasteiger partial charge in [0.15, 0.2) is 5.13 Å². The number of nitrogens with zero attached hydrogens (tertiary/aromatic N) is 1. The van der Waals surface area contributed by atoms with E-state index in [0.717, 1.165) is 30.9 Å². The molecule has 4 N–H and O–H groups in total. The first kappa shape index (κ1) is 13.1. The van der Waals surface area contributed by atoms with E-state index in [1.54, 1.807) is 0 Å². The first-order chi connectivity index (χ1) is 8.54. The smallest absolute Gasteiger partial charge is 0.265 e. The van der Waals surface area contributed by atoms with Crippen molar-refractivity contribution in [1.29, 1.82) is 0 Å². The molecule has 1 fully saturated rings. The zero-order valence-corrected chi connectivity index (χ0v) is 11.7. The van der Waals surface area contributed by atoms with E-state index in [4.69, 9.17) is 5.73 Å². The molecular weight excluding hydrogens is 248 g/mol. The monoisotopic (exact) mass is 268 g/mol. The van der Waals surface area contributed by atoms with Crippen LogP contribution in [0.25, 0.3) is 0 Å². The van der Waals surface area contributed by atoms with E-state index in [1.807, 2.05) is 0 Å². The van der Waals surface area contributed by atoms with Gasteiger partial charge in [-0.2, -0.15) is 0 Å². The number of rotatable bonds is 5. The Bertz CT molecular complexity index is 439. The van der Waals surface area contributed by atoms with Gasteiger partial charge in [-0.05, 0) is 32.6 Å². The largest absolute Gasteiger partial charge is 0.382 e. The Labute approximate surface area is 111 Å². The number of hydrogen-bond donors (Lipinski definition) is 3. The lowest BCUT2D eigenvalue weighted by Crippen LogP contribution is -2.50. The highest BCUT2D eigenvalue weighted by Gasteiger charge is 2.34. The van der Waals surface area contributed by atoms with Gasteiger partial charge in [0, 0.05) is 12.1 Å². The summed E-state index contributed by atoms with van der Waals surface area (Å²) in [6.45, 7) is 4.99. The van der Waals surface area contributed by atoms with Gasteiger partial charge >= 0.3 is 0 Å². The minimum absolute atomic E-state index is 0.0511. The van der Waals surface area contributed by atoms with Crippen molar-refractivity contribution in [3.8, 4) is 0 Å². The van der Waals surface area contributed by atoms with E-state index >= 15 is 0 Å². The van der Waals surface area contributed by atoms with Crippen LogP contribution in [-0.4, -0.2) is 23.0 Å². The van der Waals surface area contributed by atoms with Crippen LogP contribution in [0.3, 0.4) is 0 Å². The van der Waals surface area contributed by atoms with Gasteiger partial charge < -0.3 is 16.4 Å². The Morgan fingerprint density at radius 1 is 1.56 bits per heavy atom. The van der Waals surface area contributed by atoms with Crippen LogP contribution in [0.2, 0.25) is 0 Å². The standard InChI is InChI=1S/C12H20N4OS/c1-3-7-14-11-15-9(13)8(18-11)10(17)16-12(2)5-4-6-12/h3-7,13H2,1-2H3,(H,14,15)(H,16,17). The summed E-state index contributed by atoms with van der Waals surface area (Å²) in [7, 11) is 0. The lowest BCUT2D eigenvalue weighted by Gasteiger charge is -2.38. The fourth-order valence-electron chi connectivity index (χ4n) is 1.97. The maximum atomic E-state index is 12.1. The van der Waals surface area contributed by atoms with Gasteiger partial charge in [0.25, 0.3) is 5.91 Å². The molecule has 100 valence electrons. The Kier molecular flexibility index (Phi) is 3.75. The highest BCUT2D eigenvalue weighted by atomic mass is 32.1. The summed E-state index contributed by atoms with van der Waals surface area (Å²) in [6, 6.07) is 0. The van der Waals surface area contributed by atoms with Crippen molar-refractivity contribution >= 4 is 28.2 Å². The molecule has 1 aliphatic rings. The molecule has 0 aliphatic heterocycles. The number of nitrogen functional groups attached to an aromatic ring is 1. The van der Waals surface area contributed by atoms with E-state index in [1.165, 1.54) is 17.8 Å². The third-order valence-electron chi connectivity index (χ3n) is 3.26. The van der Waals surface area contributed by atoms with Crippen molar-refractivity contribution in [3.63, 3.8) is 0 Å². The summed E-state index contributed by atoms with van der Waals surface area (Å²) < 4.78 is 0.